The van der Waals surface area contributed by atoms with Crippen molar-refractivity contribution in [2.75, 3.05) is 13.1 Å². The Bertz CT molecular complexity index is 742. The van der Waals surface area contributed by atoms with Gasteiger partial charge in [0.2, 0.25) is 0 Å². The van der Waals surface area contributed by atoms with Crippen LogP contribution in [-0.2, 0) is 6.54 Å². The Kier molecular flexibility index (Phi) is 3.90. The third kappa shape index (κ3) is 2.44. The van der Waals surface area contributed by atoms with Gasteiger partial charge in [-0.1, -0.05) is 6.42 Å². The van der Waals surface area contributed by atoms with E-state index in [2.05, 4.69) is 21.6 Å². The summed E-state index contributed by atoms with van der Waals surface area (Å²) < 4.78 is 4.17. The van der Waals surface area contributed by atoms with Gasteiger partial charge in [-0.3, -0.25) is 9.48 Å². The molecule has 1 aliphatic carbocycles. The maximum atomic E-state index is 12.8. The average molecular weight is 327 g/mol. The number of carbonyl (C=O) groups excluding carboxylic acids is 1. The Labute approximate surface area is 142 Å². The normalized spacial score (nSPS) is 21.2. The molecule has 24 heavy (non-hydrogen) atoms. The molecule has 4 rings (SSSR count). The molecule has 1 atom stereocenters. The lowest BCUT2D eigenvalue weighted by Gasteiger charge is -2.28. The van der Waals surface area contributed by atoms with Gasteiger partial charge in [0.15, 0.2) is 0 Å². The van der Waals surface area contributed by atoms with Crippen LogP contribution < -0.4 is 0 Å². The summed E-state index contributed by atoms with van der Waals surface area (Å²) in [6, 6.07) is 2.17. The number of carbonyl (C=O) groups is 1. The largest absolute Gasteiger partial charge is 0.335 e. The van der Waals surface area contributed by atoms with E-state index >= 15 is 0 Å². The summed E-state index contributed by atoms with van der Waals surface area (Å²) in [6.07, 6.45) is 8.52. The smallest absolute Gasteiger partial charge is 0.272 e. The van der Waals surface area contributed by atoms with Crippen molar-refractivity contribution in [1.29, 1.82) is 0 Å². The molecular formula is C18H25N5O. The minimum atomic E-state index is 0.0970. The fourth-order valence-corrected chi connectivity index (χ4v) is 3.97. The van der Waals surface area contributed by atoms with Crippen LogP contribution in [-0.4, -0.2) is 43.2 Å². The lowest BCUT2D eigenvalue weighted by atomic mass is 9.84. The predicted octanol–water partition coefficient (Wildman–Crippen LogP) is 2.76. The summed E-state index contributed by atoms with van der Waals surface area (Å²) in [7, 11) is 0. The molecule has 128 valence electrons. The first-order valence-corrected chi connectivity index (χ1v) is 9.03. The highest BCUT2D eigenvalue weighted by Gasteiger charge is 2.33. The van der Waals surface area contributed by atoms with Gasteiger partial charge in [0.25, 0.3) is 5.91 Å². The fourth-order valence-electron chi connectivity index (χ4n) is 3.97. The standard InChI is InChI=1S/C18H25N5O/c1-3-22-16(7-9-20-22)18(24)21-10-8-15(12-21)23-13(2)11-19-17(23)14-5-4-6-14/h7,9,11,14-15H,3-6,8,10,12H2,1-2H3. The Morgan fingerprint density at radius 2 is 2.17 bits per heavy atom. The Hall–Kier alpha value is -2.11. The van der Waals surface area contributed by atoms with Gasteiger partial charge in [0.1, 0.15) is 11.5 Å². The van der Waals surface area contributed by atoms with E-state index in [4.69, 9.17) is 0 Å². The second-order valence-corrected chi connectivity index (χ2v) is 6.98. The molecule has 2 aliphatic rings. The van der Waals surface area contributed by atoms with E-state index in [9.17, 15) is 4.79 Å². The van der Waals surface area contributed by atoms with Crippen molar-refractivity contribution in [3.8, 4) is 0 Å². The molecule has 2 aromatic rings. The molecule has 6 heteroatoms. The second kappa shape index (κ2) is 6.07. The molecule has 0 spiro atoms. The first-order valence-electron chi connectivity index (χ1n) is 9.03. The molecule has 1 saturated carbocycles. The molecule has 0 radical (unpaired) electrons. The zero-order chi connectivity index (χ0) is 16.7. The van der Waals surface area contributed by atoms with E-state index in [0.717, 1.165) is 26.1 Å². The molecule has 0 aromatic carbocycles. The van der Waals surface area contributed by atoms with Crippen LogP contribution in [0.1, 0.15) is 66.6 Å². The third-order valence-corrected chi connectivity index (χ3v) is 5.53. The van der Waals surface area contributed by atoms with Crippen LogP contribution in [0.2, 0.25) is 0 Å². The number of hydrogen-bond acceptors (Lipinski definition) is 3. The molecule has 1 saturated heterocycles. The molecule has 2 fully saturated rings. The summed E-state index contributed by atoms with van der Waals surface area (Å²) in [5.74, 6) is 1.95. The average Bonchev–Trinajstić information content (AvgIpc) is 3.24. The van der Waals surface area contributed by atoms with Crippen LogP contribution in [0.15, 0.2) is 18.5 Å². The quantitative estimate of drug-likeness (QED) is 0.867. The van der Waals surface area contributed by atoms with Gasteiger partial charge < -0.3 is 9.47 Å². The van der Waals surface area contributed by atoms with Gasteiger partial charge in [0, 0.05) is 43.6 Å². The Morgan fingerprint density at radius 1 is 1.33 bits per heavy atom. The van der Waals surface area contributed by atoms with Crippen molar-refractivity contribution < 1.29 is 4.79 Å². The number of rotatable bonds is 4. The van der Waals surface area contributed by atoms with Gasteiger partial charge in [-0.05, 0) is 39.2 Å². The highest BCUT2D eigenvalue weighted by molar-refractivity contribution is 5.92. The van der Waals surface area contributed by atoms with E-state index in [1.165, 1.54) is 30.8 Å². The molecule has 2 aromatic heterocycles. The lowest BCUT2D eigenvalue weighted by molar-refractivity contribution is 0.0775. The minimum absolute atomic E-state index is 0.0970. The van der Waals surface area contributed by atoms with Crippen molar-refractivity contribution in [3.63, 3.8) is 0 Å². The van der Waals surface area contributed by atoms with Crippen molar-refractivity contribution >= 4 is 5.91 Å². The zero-order valence-electron chi connectivity index (χ0n) is 14.5. The molecule has 3 heterocycles. The summed E-state index contributed by atoms with van der Waals surface area (Å²) >= 11 is 0. The van der Waals surface area contributed by atoms with Crippen molar-refractivity contribution in [2.45, 2.75) is 58.0 Å². The summed E-state index contributed by atoms with van der Waals surface area (Å²) in [4.78, 5) is 19.5. The number of imidazole rings is 1. The highest BCUT2D eigenvalue weighted by atomic mass is 16.2. The zero-order valence-corrected chi connectivity index (χ0v) is 14.5. The van der Waals surface area contributed by atoms with Gasteiger partial charge in [-0.15, -0.1) is 0 Å². The SMILES string of the molecule is CCn1nccc1C(=O)N1CCC(n2c(C)cnc2C2CCC2)C1. The molecule has 0 bridgehead atoms. The Balaban J connectivity index is 1.53. The summed E-state index contributed by atoms with van der Waals surface area (Å²) in [6.45, 7) is 6.44. The Morgan fingerprint density at radius 3 is 2.88 bits per heavy atom. The number of likely N-dealkylation sites (tertiary alicyclic amines) is 1. The highest BCUT2D eigenvalue weighted by Crippen LogP contribution is 2.38. The van der Waals surface area contributed by atoms with Gasteiger partial charge in [0.05, 0.1) is 6.04 Å². The first kappa shape index (κ1) is 15.4. The van der Waals surface area contributed by atoms with Crippen LogP contribution >= 0.6 is 0 Å². The molecular weight excluding hydrogens is 302 g/mol. The van der Waals surface area contributed by atoms with Crippen LogP contribution in [0.3, 0.4) is 0 Å². The molecule has 0 N–H and O–H groups in total. The molecule has 1 amide bonds. The molecule has 6 nitrogen and oxygen atoms in total. The van der Waals surface area contributed by atoms with E-state index in [-0.39, 0.29) is 5.91 Å². The maximum Gasteiger partial charge on any atom is 0.272 e. The lowest BCUT2D eigenvalue weighted by Crippen LogP contribution is -2.31. The van der Waals surface area contributed by atoms with E-state index < -0.39 is 0 Å². The molecule has 1 unspecified atom stereocenters. The van der Waals surface area contributed by atoms with Crippen molar-refractivity contribution in [3.05, 3.63) is 35.7 Å². The number of nitrogens with zero attached hydrogens (tertiary/aromatic N) is 5. The third-order valence-electron chi connectivity index (χ3n) is 5.53. The first-order chi connectivity index (χ1) is 11.7. The number of aromatic nitrogens is 4. The number of aryl methyl sites for hydroxylation is 2. The maximum absolute atomic E-state index is 12.8. The predicted molar refractivity (Wildman–Crippen MR) is 91.0 cm³/mol. The fraction of sp³-hybridized carbons (Fsp3) is 0.611. The van der Waals surface area contributed by atoms with Crippen LogP contribution in [0.5, 0.6) is 0 Å². The van der Waals surface area contributed by atoms with Crippen molar-refractivity contribution in [1.82, 2.24) is 24.2 Å². The van der Waals surface area contributed by atoms with Crippen LogP contribution in [0.4, 0.5) is 0 Å². The van der Waals surface area contributed by atoms with Gasteiger partial charge in [-0.25, -0.2) is 4.98 Å². The van der Waals surface area contributed by atoms with Gasteiger partial charge >= 0.3 is 0 Å². The number of hydrogen-bond donors (Lipinski definition) is 0. The molecule has 1 aliphatic heterocycles. The number of amides is 1. The minimum Gasteiger partial charge on any atom is -0.335 e. The van der Waals surface area contributed by atoms with E-state index in [1.54, 1.807) is 10.9 Å². The van der Waals surface area contributed by atoms with Gasteiger partial charge in [-0.2, -0.15) is 5.10 Å². The second-order valence-electron chi connectivity index (χ2n) is 6.98. The summed E-state index contributed by atoms with van der Waals surface area (Å²) in [5.41, 5.74) is 1.91. The van der Waals surface area contributed by atoms with E-state index in [0.29, 0.717) is 17.7 Å². The topological polar surface area (TPSA) is 56.0 Å². The van der Waals surface area contributed by atoms with Crippen LogP contribution in [0.25, 0.3) is 0 Å². The summed E-state index contributed by atoms with van der Waals surface area (Å²) in [5, 5.41) is 4.22. The van der Waals surface area contributed by atoms with Crippen molar-refractivity contribution in [2.24, 2.45) is 0 Å². The van der Waals surface area contributed by atoms with Crippen LogP contribution in [0, 0.1) is 6.92 Å². The van der Waals surface area contributed by atoms with E-state index in [1.807, 2.05) is 24.1 Å². The monoisotopic (exact) mass is 327 g/mol.